The Morgan fingerprint density at radius 3 is 2.19 bits per heavy atom. The van der Waals surface area contributed by atoms with E-state index >= 15 is 0 Å². The van der Waals surface area contributed by atoms with E-state index in [2.05, 4.69) is 14.8 Å². The van der Waals surface area contributed by atoms with Crippen LogP contribution in [0.25, 0.3) is 0 Å². The highest BCUT2D eigenvalue weighted by molar-refractivity contribution is 7.92. The molecule has 0 aliphatic heterocycles. The molecule has 9 heteroatoms. The molecule has 1 amide bonds. The van der Waals surface area contributed by atoms with Gasteiger partial charge in [-0.1, -0.05) is 24.3 Å². The highest BCUT2D eigenvalue weighted by atomic mass is 32.2. The van der Waals surface area contributed by atoms with Crippen LogP contribution in [-0.4, -0.2) is 32.5 Å². The van der Waals surface area contributed by atoms with E-state index in [1.54, 1.807) is 31.2 Å². The number of ether oxygens (including phenoxy) is 1. The number of nitrogens with one attached hydrogen (secondary N) is 2. The monoisotopic (exact) mass is 440 g/mol. The fraction of sp³-hybridized carbons (Fsp3) is 0.0909. The third kappa shape index (κ3) is 4.84. The number of aryl methyl sites for hydroxylation is 1. The molecule has 3 N–H and O–H groups in total. The predicted octanol–water partition coefficient (Wildman–Crippen LogP) is 3.54. The minimum absolute atomic E-state index is 0.0113. The number of methoxy groups -OCH3 is 1. The lowest BCUT2D eigenvalue weighted by atomic mass is 10.1. The number of rotatable bonds is 6. The second-order valence-corrected chi connectivity index (χ2v) is 8.27. The molecular formula is C22H20N2O6S. The zero-order valence-corrected chi connectivity index (χ0v) is 17.6. The van der Waals surface area contributed by atoms with E-state index in [9.17, 15) is 23.1 Å². The van der Waals surface area contributed by atoms with Gasteiger partial charge in [-0.2, -0.15) is 0 Å². The van der Waals surface area contributed by atoms with E-state index in [0.29, 0.717) is 5.69 Å². The smallest absolute Gasteiger partial charge is 0.341 e. The number of benzene rings is 3. The number of phenolic OH excluding ortho intramolecular Hbond substituents is 1. The summed E-state index contributed by atoms with van der Waals surface area (Å²) in [6.07, 6.45) is 0. The normalized spacial score (nSPS) is 10.9. The van der Waals surface area contributed by atoms with Gasteiger partial charge in [0.15, 0.2) is 5.75 Å². The van der Waals surface area contributed by atoms with E-state index in [0.717, 1.165) is 5.56 Å². The molecule has 160 valence electrons. The van der Waals surface area contributed by atoms with Crippen LogP contribution in [0.4, 0.5) is 11.4 Å². The Hall–Kier alpha value is -3.85. The fourth-order valence-electron chi connectivity index (χ4n) is 2.79. The lowest BCUT2D eigenvalue weighted by molar-refractivity contribution is 0.0597. The molecule has 0 radical (unpaired) electrons. The molecule has 31 heavy (non-hydrogen) atoms. The van der Waals surface area contributed by atoms with Gasteiger partial charge >= 0.3 is 5.97 Å². The van der Waals surface area contributed by atoms with Crippen LogP contribution < -0.4 is 10.0 Å². The van der Waals surface area contributed by atoms with Crippen molar-refractivity contribution < 1.29 is 27.9 Å². The highest BCUT2D eigenvalue weighted by Gasteiger charge is 2.18. The van der Waals surface area contributed by atoms with Crippen LogP contribution in [0.2, 0.25) is 0 Å². The molecule has 0 unspecified atom stereocenters. The Kier molecular flexibility index (Phi) is 6.26. The molecule has 3 aromatic rings. The number of carbonyl (C=O) groups excluding carboxylic acids is 2. The van der Waals surface area contributed by atoms with Crippen LogP contribution in [0.1, 0.15) is 26.3 Å². The summed E-state index contributed by atoms with van der Waals surface area (Å²) in [4.78, 5) is 24.2. The summed E-state index contributed by atoms with van der Waals surface area (Å²) >= 11 is 0. The maximum atomic E-state index is 12.6. The molecule has 0 spiro atoms. The topological polar surface area (TPSA) is 122 Å². The van der Waals surface area contributed by atoms with Gasteiger partial charge in [-0.15, -0.1) is 0 Å². The predicted molar refractivity (Wildman–Crippen MR) is 116 cm³/mol. The first-order valence-electron chi connectivity index (χ1n) is 9.13. The van der Waals surface area contributed by atoms with Gasteiger partial charge in [0.1, 0.15) is 5.56 Å². The van der Waals surface area contributed by atoms with E-state index < -0.39 is 27.6 Å². The number of carbonyl (C=O) groups is 2. The van der Waals surface area contributed by atoms with Crippen molar-refractivity contribution in [2.75, 3.05) is 17.1 Å². The minimum Gasteiger partial charge on any atom is -0.505 e. The number of para-hydroxylation sites is 2. The largest absolute Gasteiger partial charge is 0.505 e. The zero-order valence-electron chi connectivity index (χ0n) is 16.7. The van der Waals surface area contributed by atoms with Gasteiger partial charge in [0.2, 0.25) is 0 Å². The molecule has 3 rings (SSSR count). The molecular weight excluding hydrogens is 420 g/mol. The van der Waals surface area contributed by atoms with Crippen molar-refractivity contribution in [3.05, 3.63) is 83.4 Å². The average Bonchev–Trinajstić information content (AvgIpc) is 2.76. The van der Waals surface area contributed by atoms with E-state index in [1.165, 1.54) is 49.6 Å². The molecule has 0 saturated heterocycles. The first-order valence-corrected chi connectivity index (χ1v) is 10.6. The third-order valence-electron chi connectivity index (χ3n) is 4.51. The van der Waals surface area contributed by atoms with Crippen LogP contribution in [0.5, 0.6) is 5.75 Å². The van der Waals surface area contributed by atoms with Gasteiger partial charge in [0.25, 0.3) is 15.9 Å². The van der Waals surface area contributed by atoms with Crippen LogP contribution in [0, 0.1) is 6.92 Å². The van der Waals surface area contributed by atoms with Gasteiger partial charge in [-0.3, -0.25) is 9.52 Å². The van der Waals surface area contributed by atoms with Crippen LogP contribution in [-0.2, 0) is 14.8 Å². The lowest BCUT2D eigenvalue weighted by Gasteiger charge is -2.12. The standard InChI is InChI=1S/C22H20N2O6S/c1-14-6-3-4-8-18(14)24-31(28,29)16-12-10-15(11-13-16)21(26)23-19-9-5-7-17(20(19)25)22(27)30-2/h3-13,24-25H,1-2H3,(H,23,26). The van der Waals surface area contributed by atoms with Gasteiger partial charge in [0.05, 0.1) is 23.4 Å². The van der Waals surface area contributed by atoms with Crippen molar-refractivity contribution in [2.24, 2.45) is 0 Å². The number of hydrogen-bond donors (Lipinski definition) is 3. The Bertz CT molecular complexity index is 1240. The summed E-state index contributed by atoms with van der Waals surface area (Å²) in [5.41, 5.74) is 1.33. The number of phenols is 1. The van der Waals surface area contributed by atoms with Crippen LogP contribution >= 0.6 is 0 Å². The maximum absolute atomic E-state index is 12.6. The summed E-state index contributed by atoms with van der Waals surface area (Å²) < 4.78 is 32.3. The summed E-state index contributed by atoms with van der Waals surface area (Å²) in [5, 5.41) is 12.7. The zero-order chi connectivity index (χ0) is 22.6. The Labute approximate surface area is 179 Å². The maximum Gasteiger partial charge on any atom is 0.341 e. The van der Waals surface area contributed by atoms with E-state index in [1.807, 2.05) is 0 Å². The van der Waals surface area contributed by atoms with Gasteiger partial charge in [0, 0.05) is 5.56 Å². The van der Waals surface area contributed by atoms with Gasteiger partial charge < -0.3 is 15.2 Å². The van der Waals surface area contributed by atoms with E-state index in [-0.39, 0.29) is 21.7 Å². The van der Waals surface area contributed by atoms with Gasteiger partial charge in [-0.05, 0) is 55.0 Å². The second kappa shape index (κ2) is 8.88. The van der Waals surface area contributed by atoms with Crippen molar-refractivity contribution in [3.8, 4) is 5.75 Å². The van der Waals surface area contributed by atoms with Crippen LogP contribution in [0.15, 0.2) is 71.6 Å². The first-order chi connectivity index (χ1) is 14.7. The molecule has 0 heterocycles. The van der Waals surface area contributed by atoms with Crippen LogP contribution in [0.3, 0.4) is 0 Å². The number of anilines is 2. The summed E-state index contributed by atoms with van der Waals surface area (Å²) in [7, 11) is -2.66. The summed E-state index contributed by atoms with van der Waals surface area (Å²) in [6, 6.07) is 16.5. The number of amides is 1. The molecule has 8 nitrogen and oxygen atoms in total. The molecule has 0 aliphatic rings. The second-order valence-electron chi connectivity index (χ2n) is 6.59. The van der Waals surface area contributed by atoms with Gasteiger partial charge in [-0.25, -0.2) is 13.2 Å². The number of esters is 1. The van der Waals surface area contributed by atoms with Crippen molar-refractivity contribution >= 4 is 33.3 Å². The Morgan fingerprint density at radius 2 is 1.55 bits per heavy atom. The van der Waals surface area contributed by atoms with Crippen molar-refractivity contribution in [3.63, 3.8) is 0 Å². The quantitative estimate of drug-likeness (QED) is 0.398. The fourth-order valence-corrected chi connectivity index (χ4v) is 3.92. The van der Waals surface area contributed by atoms with E-state index in [4.69, 9.17) is 0 Å². The number of hydrogen-bond acceptors (Lipinski definition) is 6. The molecule has 0 fully saturated rings. The Balaban J connectivity index is 1.78. The molecule has 3 aromatic carbocycles. The molecule has 0 aromatic heterocycles. The van der Waals surface area contributed by atoms with Crippen molar-refractivity contribution in [1.29, 1.82) is 0 Å². The lowest BCUT2D eigenvalue weighted by Crippen LogP contribution is -2.15. The summed E-state index contributed by atoms with van der Waals surface area (Å²) in [6.45, 7) is 1.79. The molecule has 0 atom stereocenters. The average molecular weight is 440 g/mol. The molecule has 0 aliphatic carbocycles. The molecule has 0 saturated carbocycles. The van der Waals surface area contributed by atoms with Crippen molar-refractivity contribution in [2.45, 2.75) is 11.8 Å². The number of aromatic hydroxyl groups is 1. The summed E-state index contributed by atoms with van der Waals surface area (Å²) in [5.74, 6) is -1.76. The minimum atomic E-state index is -3.84. The first kappa shape index (κ1) is 21.8. The number of sulfonamides is 1. The molecule has 0 bridgehead atoms. The third-order valence-corrected chi connectivity index (χ3v) is 5.89. The SMILES string of the molecule is COC(=O)c1cccc(NC(=O)c2ccc(S(=O)(=O)Nc3ccccc3C)cc2)c1O. The highest BCUT2D eigenvalue weighted by Crippen LogP contribution is 2.28. The van der Waals surface area contributed by atoms with Crippen molar-refractivity contribution in [1.82, 2.24) is 0 Å². The Morgan fingerprint density at radius 1 is 0.903 bits per heavy atom.